The lowest BCUT2D eigenvalue weighted by atomic mass is 9.93. The molecule has 0 aliphatic carbocycles. The molecule has 1 atom stereocenters. The molecule has 2 saturated heterocycles. The lowest BCUT2D eigenvalue weighted by Crippen LogP contribution is -2.48. The zero-order valence-corrected chi connectivity index (χ0v) is 16.7. The van der Waals surface area contributed by atoms with E-state index in [1.807, 2.05) is 11.0 Å². The Morgan fingerprint density at radius 3 is 2.68 bits per heavy atom. The van der Waals surface area contributed by atoms with Crippen molar-refractivity contribution in [3.05, 3.63) is 24.0 Å². The Bertz CT molecular complexity index is 879. The highest BCUT2D eigenvalue weighted by atomic mass is 32.1. The summed E-state index contributed by atoms with van der Waals surface area (Å²) in [4.78, 5) is 33.1. The molecule has 0 spiro atoms. The van der Waals surface area contributed by atoms with E-state index in [0.717, 1.165) is 29.2 Å². The maximum Gasteiger partial charge on any atom is 0.308 e. The molecule has 0 bridgehead atoms. The summed E-state index contributed by atoms with van der Waals surface area (Å²) in [5.41, 5.74) is 0.404. The van der Waals surface area contributed by atoms with Gasteiger partial charge in [0, 0.05) is 26.2 Å². The highest BCUT2D eigenvalue weighted by Crippen LogP contribution is 2.33. The molecule has 2 fully saturated rings. The average molecular weight is 405 g/mol. The Kier molecular flexibility index (Phi) is 5.48. The number of thiazole rings is 1. The monoisotopic (exact) mass is 405 g/mol. The predicted octanol–water partition coefficient (Wildman–Crippen LogP) is 3.06. The van der Waals surface area contributed by atoms with Gasteiger partial charge < -0.3 is 14.5 Å². The van der Waals surface area contributed by atoms with Gasteiger partial charge in [-0.25, -0.2) is 9.37 Å². The smallest absolute Gasteiger partial charge is 0.308 e. The molecule has 0 saturated carbocycles. The number of carbonyl (C=O) groups excluding carboxylic acids is 2. The molecule has 6 nitrogen and oxygen atoms in total. The molecular formula is C20H24FN3O3S. The molecule has 1 aromatic heterocycles. The van der Waals surface area contributed by atoms with Crippen LogP contribution < -0.4 is 4.90 Å². The van der Waals surface area contributed by atoms with Crippen molar-refractivity contribution in [1.82, 2.24) is 9.88 Å². The normalized spacial score (nSPS) is 21.1. The summed E-state index contributed by atoms with van der Waals surface area (Å²) in [7, 11) is 1.41. The van der Waals surface area contributed by atoms with E-state index in [9.17, 15) is 14.0 Å². The van der Waals surface area contributed by atoms with Gasteiger partial charge in [-0.15, -0.1) is 0 Å². The fraction of sp³-hybridized carbons (Fsp3) is 0.550. The number of esters is 1. The van der Waals surface area contributed by atoms with E-state index in [1.165, 1.54) is 24.5 Å². The molecule has 2 aromatic rings. The van der Waals surface area contributed by atoms with Crippen molar-refractivity contribution < 1.29 is 18.7 Å². The first-order chi connectivity index (χ1) is 13.6. The number of hydrogen-bond donors (Lipinski definition) is 0. The molecule has 0 N–H and O–H groups in total. The minimum Gasteiger partial charge on any atom is -0.469 e. The second kappa shape index (κ2) is 8.03. The predicted molar refractivity (Wildman–Crippen MR) is 106 cm³/mol. The van der Waals surface area contributed by atoms with Crippen molar-refractivity contribution in [2.75, 3.05) is 38.2 Å². The van der Waals surface area contributed by atoms with Crippen molar-refractivity contribution >= 4 is 38.6 Å². The zero-order chi connectivity index (χ0) is 19.7. The number of amides is 1. The lowest BCUT2D eigenvalue weighted by molar-refractivity contribution is -0.149. The third kappa shape index (κ3) is 3.70. The fourth-order valence-corrected chi connectivity index (χ4v) is 5.17. The van der Waals surface area contributed by atoms with E-state index in [0.29, 0.717) is 38.0 Å². The third-order valence-electron chi connectivity index (χ3n) is 5.74. The summed E-state index contributed by atoms with van der Waals surface area (Å²) in [5, 5.41) is 0.780. The van der Waals surface area contributed by atoms with Crippen LogP contribution in [0.4, 0.5) is 9.52 Å². The van der Waals surface area contributed by atoms with Crippen LogP contribution in [0.25, 0.3) is 10.2 Å². The van der Waals surface area contributed by atoms with Crippen LogP contribution in [0.15, 0.2) is 18.2 Å². The average Bonchev–Trinajstić information content (AvgIpc) is 3.19. The van der Waals surface area contributed by atoms with Crippen LogP contribution in [-0.4, -0.2) is 55.0 Å². The van der Waals surface area contributed by atoms with E-state index in [4.69, 9.17) is 4.74 Å². The number of methoxy groups -OCH3 is 1. The number of anilines is 1. The van der Waals surface area contributed by atoms with Crippen LogP contribution in [0.1, 0.15) is 25.7 Å². The Balaban J connectivity index is 1.41. The molecule has 28 heavy (non-hydrogen) atoms. The summed E-state index contributed by atoms with van der Waals surface area (Å²) in [5.74, 6) is -0.521. The number of rotatable bonds is 3. The Labute approximate surface area is 167 Å². The fourth-order valence-electron chi connectivity index (χ4n) is 4.15. The summed E-state index contributed by atoms with van der Waals surface area (Å²) in [6, 6.07) is 4.99. The minimum atomic E-state index is -0.307. The summed E-state index contributed by atoms with van der Waals surface area (Å²) in [6.45, 7) is 2.63. The number of piperidine rings is 2. The Hall–Kier alpha value is -2.22. The van der Waals surface area contributed by atoms with Gasteiger partial charge in [-0.1, -0.05) is 17.4 Å². The standard InChI is InChI=1S/C20H24FN3O3S/c1-27-19(26)13-7-10-23(11-8-13)18(25)14-4-3-9-24(12-14)20-22-17-15(21)5-2-6-16(17)28-20/h2,5-6,13-14H,3-4,7-12H2,1H3. The van der Waals surface area contributed by atoms with E-state index >= 15 is 0 Å². The number of hydrogen-bond acceptors (Lipinski definition) is 6. The van der Waals surface area contributed by atoms with Crippen molar-refractivity contribution in [3.63, 3.8) is 0 Å². The van der Waals surface area contributed by atoms with Gasteiger partial charge in [0.1, 0.15) is 11.3 Å². The molecule has 3 heterocycles. The lowest BCUT2D eigenvalue weighted by Gasteiger charge is -2.37. The van der Waals surface area contributed by atoms with E-state index in [1.54, 1.807) is 6.07 Å². The van der Waals surface area contributed by atoms with Crippen LogP contribution in [0, 0.1) is 17.7 Å². The van der Waals surface area contributed by atoms with Crippen molar-refractivity contribution in [2.45, 2.75) is 25.7 Å². The van der Waals surface area contributed by atoms with Gasteiger partial charge >= 0.3 is 5.97 Å². The molecule has 1 unspecified atom stereocenters. The number of aromatic nitrogens is 1. The number of ether oxygens (including phenoxy) is 1. The maximum absolute atomic E-state index is 14.0. The van der Waals surface area contributed by atoms with Crippen LogP contribution >= 0.6 is 11.3 Å². The van der Waals surface area contributed by atoms with Gasteiger partial charge in [0.05, 0.1) is 23.6 Å². The maximum atomic E-state index is 14.0. The minimum absolute atomic E-state index is 0.0831. The molecule has 1 amide bonds. The van der Waals surface area contributed by atoms with Crippen LogP contribution in [0.5, 0.6) is 0 Å². The van der Waals surface area contributed by atoms with Crippen molar-refractivity contribution in [2.24, 2.45) is 11.8 Å². The van der Waals surface area contributed by atoms with Gasteiger partial charge in [-0.3, -0.25) is 9.59 Å². The van der Waals surface area contributed by atoms with Crippen molar-refractivity contribution in [1.29, 1.82) is 0 Å². The molecular weight excluding hydrogens is 381 g/mol. The zero-order valence-electron chi connectivity index (χ0n) is 15.9. The van der Waals surface area contributed by atoms with E-state index in [2.05, 4.69) is 9.88 Å². The molecule has 1 aromatic carbocycles. The van der Waals surface area contributed by atoms with Crippen LogP contribution in [-0.2, 0) is 14.3 Å². The number of fused-ring (bicyclic) bond motifs is 1. The highest BCUT2D eigenvalue weighted by molar-refractivity contribution is 7.22. The largest absolute Gasteiger partial charge is 0.469 e. The van der Waals surface area contributed by atoms with Crippen molar-refractivity contribution in [3.8, 4) is 0 Å². The SMILES string of the molecule is COC(=O)C1CCN(C(=O)C2CCCN(c3nc4c(F)cccc4s3)C2)CC1. The number of halogens is 1. The first-order valence-corrected chi connectivity index (χ1v) is 10.5. The Morgan fingerprint density at radius 1 is 1.18 bits per heavy atom. The number of nitrogens with zero attached hydrogens (tertiary/aromatic N) is 3. The van der Waals surface area contributed by atoms with Gasteiger partial charge in [0.15, 0.2) is 5.13 Å². The van der Waals surface area contributed by atoms with Gasteiger partial charge in [-0.05, 0) is 37.8 Å². The second-order valence-corrected chi connectivity index (χ2v) is 8.50. The molecule has 2 aliphatic heterocycles. The first-order valence-electron chi connectivity index (χ1n) is 9.73. The second-order valence-electron chi connectivity index (χ2n) is 7.49. The van der Waals surface area contributed by atoms with E-state index in [-0.39, 0.29) is 29.5 Å². The third-order valence-corrected chi connectivity index (χ3v) is 6.82. The van der Waals surface area contributed by atoms with E-state index < -0.39 is 0 Å². The molecule has 150 valence electrons. The molecule has 0 radical (unpaired) electrons. The molecule has 8 heteroatoms. The molecule has 4 rings (SSSR count). The van der Waals surface area contributed by atoms with Gasteiger partial charge in [0.2, 0.25) is 5.91 Å². The molecule has 2 aliphatic rings. The van der Waals surface area contributed by atoms with Gasteiger partial charge in [-0.2, -0.15) is 0 Å². The van der Waals surface area contributed by atoms with Crippen LogP contribution in [0.3, 0.4) is 0 Å². The summed E-state index contributed by atoms with van der Waals surface area (Å²) >= 11 is 1.47. The Morgan fingerprint density at radius 2 is 1.96 bits per heavy atom. The number of para-hydroxylation sites is 1. The van der Waals surface area contributed by atoms with Gasteiger partial charge in [0.25, 0.3) is 0 Å². The number of likely N-dealkylation sites (tertiary alicyclic amines) is 1. The number of carbonyl (C=O) groups is 2. The van der Waals surface area contributed by atoms with Crippen LogP contribution in [0.2, 0.25) is 0 Å². The summed E-state index contributed by atoms with van der Waals surface area (Å²) < 4.78 is 19.6. The summed E-state index contributed by atoms with van der Waals surface area (Å²) in [6.07, 6.45) is 3.08. The highest BCUT2D eigenvalue weighted by Gasteiger charge is 2.34. The quantitative estimate of drug-likeness (QED) is 0.735. The number of benzene rings is 1. The topological polar surface area (TPSA) is 62.7 Å². The first kappa shape index (κ1) is 19.1.